The van der Waals surface area contributed by atoms with E-state index in [-0.39, 0.29) is 11.2 Å². The number of thioether (sulfide) groups is 1. The Hall–Kier alpha value is -2.15. The predicted molar refractivity (Wildman–Crippen MR) is 93.7 cm³/mol. The van der Waals surface area contributed by atoms with Crippen molar-refractivity contribution in [3.63, 3.8) is 0 Å². The highest BCUT2D eigenvalue weighted by Crippen LogP contribution is 2.36. The SMILES string of the molecule is CCn1c(-c2ccc3c(c2)OCCO3)cnc1SC(C)C(=O)NC. The van der Waals surface area contributed by atoms with Crippen LogP contribution in [0, 0.1) is 0 Å². The lowest BCUT2D eigenvalue weighted by Crippen LogP contribution is -2.27. The first-order chi connectivity index (χ1) is 11.6. The van der Waals surface area contributed by atoms with E-state index >= 15 is 0 Å². The van der Waals surface area contributed by atoms with Gasteiger partial charge in [-0.25, -0.2) is 4.98 Å². The lowest BCUT2D eigenvalue weighted by Gasteiger charge is -2.19. The number of amides is 1. The van der Waals surface area contributed by atoms with Crippen LogP contribution in [0.2, 0.25) is 0 Å². The van der Waals surface area contributed by atoms with Crippen LogP contribution < -0.4 is 14.8 Å². The number of fused-ring (bicyclic) bond motifs is 1. The summed E-state index contributed by atoms with van der Waals surface area (Å²) in [5, 5.41) is 3.30. The summed E-state index contributed by atoms with van der Waals surface area (Å²) in [6.45, 7) is 5.86. The molecule has 7 heteroatoms. The average molecular weight is 347 g/mol. The minimum absolute atomic E-state index is 0.00784. The van der Waals surface area contributed by atoms with Crippen LogP contribution in [0.4, 0.5) is 0 Å². The molecule has 1 atom stereocenters. The summed E-state index contributed by atoms with van der Waals surface area (Å²) in [6.07, 6.45) is 1.84. The molecule has 0 aliphatic carbocycles. The molecule has 1 N–H and O–H groups in total. The molecule has 0 radical (unpaired) electrons. The van der Waals surface area contributed by atoms with Gasteiger partial charge in [0.2, 0.25) is 5.91 Å². The molecular formula is C17H21N3O3S. The highest BCUT2D eigenvalue weighted by Gasteiger charge is 2.19. The first-order valence-electron chi connectivity index (χ1n) is 7.97. The quantitative estimate of drug-likeness (QED) is 0.842. The van der Waals surface area contributed by atoms with Gasteiger partial charge in [-0.2, -0.15) is 0 Å². The molecule has 6 nitrogen and oxygen atoms in total. The van der Waals surface area contributed by atoms with E-state index in [4.69, 9.17) is 9.47 Å². The summed E-state index contributed by atoms with van der Waals surface area (Å²) in [5.74, 6) is 1.53. The molecule has 0 spiro atoms. The van der Waals surface area contributed by atoms with Gasteiger partial charge in [-0.3, -0.25) is 4.79 Å². The number of rotatable bonds is 5. The van der Waals surface area contributed by atoms with Gasteiger partial charge in [-0.05, 0) is 32.0 Å². The fourth-order valence-electron chi connectivity index (χ4n) is 2.61. The van der Waals surface area contributed by atoms with Crippen molar-refractivity contribution in [2.45, 2.75) is 30.8 Å². The van der Waals surface area contributed by atoms with Crippen molar-refractivity contribution in [1.82, 2.24) is 14.9 Å². The molecule has 128 valence electrons. The Morgan fingerprint density at radius 3 is 2.83 bits per heavy atom. The fraction of sp³-hybridized carbons (Fsp3) is 0.412. The minimum Gasteiger partial charge on any atom is -0.486 e. The Morgan fingerprint density at radius 1 is 1.38 bits per heavy atom. The maximum Gasteiger partial charge on any atom is 0.233 e. The van der Waals surface area contributed by atoms with Gasteiger partial charge in [0.05, 0.1) is 17.1 Å². The smallest absolute Gasteiger partial charge is 0.233 e. The average Bonchev–Trinajstić information content (AvgIpc) is 3.02. The third-order valence-electron chi connectivity index (χ3n) is 3.87. The normalized spacial score (nSPS) is 14.3. The molecule has 3 rings (SSSR count). The first kappa shape index (κ1) is 16.7. The van der Waals surface area contributed by atoms with Gasteiger partial charge in [-0.1, -0.05) is 11.8 Å². The molecule has 24 heavy (non-hydrogen) atoms. The summed E-state index contributed by atoms with van der Waals surface area (Å²) in [4.78, 5) is 16.3. The van der Waals surface area contributed by atoms with Crippen LogP contribution in [0.5, 0.6) is 11.5 Å². The van der Waals surface area contributed by atoms with Crippen molar-refractivity contribution in [2.75, 3.05) is 20.3 Å². The summed E-state index contributed by atoms with van der Waals surface area (Å²) in [5.41, 5.74) is 2.02. The molecule has 0 saturated carbocycles. The molecular weight excluding hydrogens is 326 g/mol. The summed E-state index contributed by atoms with van der Waals surface area (Å²) in [6, 6.07) is 5.92. The van der Waals surface area contributed by atoms with E-state index in [0.29, 0.717) is 13.2 Å². The second kappa shape index (κ2) is 7.17. The van der Waals surface area contributed by atoms with Crippen molar-refractivity contribution < 1.29 is 14.3 Å². The van der Waals surface area contributed by atoms with Crippen molar-refractivity contribution in [1.29, 1.82) is 0 Å². The topological polar surface area (TPSA) is 65.4 Å². The number of hydrogen-bond acceptors (Lipinski definition) is 5. The van der Waals surface area contributed by atoms with Crippen LogP contribution in [0.1, 0.15) is 13.8 Å². The highest BCUT2D eigenvalue weighted by atomic mass is 32.2. The van der Waals surface area contributed by atoms with Gasteiger partial charge in [0, 0.05) is 19.2 Å². The Kier molecular flexibility index (Phi) is 4.99. The van der Waals surface area contributed by atoms with E-state index in [1.165, 1.54) is 11.8 Å². The largest absolute Gasteiger partial charge is 0.486 e. The fourth-order valence-corrected chi connectivity index (χ4v) is 3.62. The van der Waals surface area contributed by atoms with Crippen molar-refractivity contribution in [2.24, 2.45) is 0 Å². The molecule has 1 aromatic heterocycles. The van der Waals surface area contributed by atoms with Crippen molar-refractivity contribution in [3.05, 3.63) is 24.4 Å². The van der Waals surface area contributed by atoms with E-state index in [2.05, 4.69) is 21.8 Å². The van der Waals surface area contributed by atoms with E-state index < -0.39 is 0 Å². The molecule has 0 bridgehead atoms. The van der Waals surface area contributed by atoms with Gasteiger partial charge in [-0.15, -0.1) is 0 Å². The van der Waals surface area contributed by atoms with Crippen LogP contribution in [0.25, 0.3) is 11.3 Å². The molecule has 0 saturated heterocycles. The van der Waals surface area contributed by atoms with E-state index in [1.807, 2.05) is 31.3 Å². The zero-order valence-corrected chi connectivity index (χ0v) is 14.9. The van der Waals surface area contributed by atoms with Crippen molar-refractivity contribution in [3.8, 4) is 22.8 Å². The summed E-state index contributed by atoms with van der Waals surface area (Å²) >= 11 is 1.46. The number of nitrogens with zero attached hydrogens (tertiary/aromatic N) is 2. The highest BCUT2D eigenvalue weighted by molar-refractivity contribution is 8.00. The number of benzene rings is 1. The molecule has 1 amide bonds. The van der Waals surface area contributed by atoms with Gasteiger partial charge >= 0.3 is 0 Å². The van der Waals surface area contributed by atoms with Crippen LogP contribution in [-0.4, -0.2) is 41.0 Å². The number of imidazole rings is 1. The van der Waals surface area contributed by atoms with E-state index in [0.717, 1.165) is 34.5 Å². The standard InChI is InChI=1S/C17H21N3O3S/c1-4-20-13(10-19-17(20)24-11(2)16(21)18-3)12-5-6-14-15(9-12)23-8-7-22-14/h5-6,9-11H,4,7-8H2,1-3H3,(H,18,21). The Bertz CT molecular complexity index is 745. The minimum atomic E-state index is -0.198. The van der Waals surface area contributed by atoms with Gasteiger partial charge in [0.15, 0.2) is 16.7 Å². The van der Waals surface area contributed by atoms with Crippen LogP contribution >= 0.6 is 11.8 Å². The lowest BCUT2D eigenvalue weighted by molar-refractivity contribution is -0.119. The molecule has 0 fully saturated rings. The number of carbonyl (C=O) groups excluding carboxylic acids is 1. The maximum absolute atomic E-state index is 11.8. The molecule has 1 aliphatic rings. The maximum atomic E-state index is 11.8. The zero-order valence-electron chi connectivity index (χ0n) is 14.0. The molecule has 1 unspecified atom stereocenters. The number of ether oxygens (including phenoxy) is 2. The van der Waals surface area contributed by atoms with Crippen molar-refractivity contribution >= 4 is 17.7 Å². The first-order valence-corrected chi connectivity index (χ1v) is 8.85. The summed E-state index contributed by atoms with van der Waals surface area (Å²) in [7, 11) is 1.65. The third-order valence-corrected chi connectivity index (χ3v) is 4.98. The summed E-state index contributed by atoms with van der Waals surface area (Å²) < 4.78 is 13.3. The van der Waals surface area contributed by atoms with Crippen LogP contribution in [0.15, 0.2) is 29.6 Å². The third kappa shape index (κ3) is 3.21. The van der Waals surface area contributed by atoms with Gasteiger partial charge in [0.1, 0.15) is 13.2 Å². The predicted octanol–water partition coefficient (Wildman–Crippen LogP) is 2.57. The Balaban J connectivity index is 1.90. The monoisotopic (exact) mass is 347 g/mol. The molecule has 1 aliphatic heterocycles. The van der Waals surface area contributed by atoms with Crippen LogP contribution in [-0.2, 0) is 11.3 Å². The van der Waals surface area contributed by atoms with Gasteiger partial charge < -0.3 is 19.4 Å². The van der Waals surface area contributed by atoms with E-state index in [1.54, 1.807) is 7.05 Å². The number of aromatic nitrogens is 2. The number of hydrogen-bond donors (Lipinski definition) is 1. The number of nitrogens with one attached hydrogen (secondary N) is 1. The van der Waals surface area contributed by atoms with Crippen LogP contribution in [0.3, 0.4) is 0 Å². The zero-order chi connectivity index (χ0) is 17.1. The number of carbonyl (C=O) groups is 1. The molecule has 2 aromatic rings. The Morgan fingerprint density at radius 2 is 2.12 bits per heavy atom. The van der Waals surface area contributed by atoms with Gasteiger partial charge in [0.25, 0.3) is 0 Å². The Labute approximate surface area is 145 Å². The molecule has 2 heterocycles. The molecule has 1 aromatic carbocycles. The second-order valence-electron chi connectivity index (χ2n) is 5.40. The lowest BCUT2D eigenvalue weighted by atomic mass is 10.1. The second-order valence-corrected chi connectivity index (χ2v) is 6.71. The van der Waals surface area contributed by atoms with E-state index in [9.17, 15) is 4.79 Å².